The maximum Gasteiger partial charge on any atom is 0.213 e. The second-order valence-electron chi connectivity index (χ2n) is 8.27. The second kappa shape index (κ2) is 11.9. The number of hydrogen-bond donors (Lipinski definition) is 3. The molecule has 2 rings (SSSR count). The van der Waals surface area contributed by atoms with Crippen molar-refractivity contribution in [1.82, 2.24) is 20.3 Å². The van der Waals surface area contributed by atoms with Crippen LogP contribution in [-0.4, -0.2) is 83.6 Å². The number of nitrogens with one attached hydrogen (secondary N) is 3. The third kappa shape index (κ3) is 9.07. The number of aliphatic imine (C=N–C) groups is 1. The molecule has 0 aromatic carbocycles. The van der Waals surface area contributed by atoms with Crippen LogP contribution in [0.1, 0.15) is 46.0 Å². The Morgan fingerprint density at radius 1 is 1.21 bits per heavy atom. The Balaban J connectivity index is 1.63. The van der Waals surface area contributed by atoms with Gasteiger partial charge in [0.1, 0.15) is 0 Å². The van der Waals surface area contributed by atoms with Crippen LogP contribution in [0.25, 0.3) is 0 Å². The van der Waals surface area contributed by atoms with Crippen LogP contribution in [0.5, 0.6) is 0 Å². The molecule has 1 unspecified atom stereocenters. The van der Waals surface area contributed by atoms with Crippen LogP contribution in [-0.2, 0) is 14.8 Å². The summed E-state index contributed by atoms with van der Waals surface area (Å²) in [5.74, 6) is 1.39. The molecule has 0 saturated carbocycles. The molecule has 9 heteroatoms. The van der Waals surface area contributed by atoms with E-state index < -0.39 is 10.0 Å². The van der Waals surface area contributed by atoms with Crippen molar-refractivity contribution in [2.45, 2.75) is 58.1 Å². The molecule has 164 valence electrons. The molecule has 0 amide bonds. The maximum atomic E-state index is 12.2. The standard InChI is InChI=1S/C19H39N5O3S/c1-16(2)15-24-10-7-17(8-11-24)23-19(20-3)21-9-13-28(25,26)22-14-18-6-4-5-12-27-18/h16-18,22H,4-15H2,1-3H3,(H2,20,21,23). The molecular weight excluding hydrogens is 378 g/mol. The molecule has 2 aliphatic heterocycles. The van der Waals surface area contributed by atoms with Gasteiger partial charge >= 0.3 is 0 Å². The fourth-order valence-electron chi connectivity index (χ4n) is 3.73. The van der Waals surface area contributed by atoms with E-state index in [0.29, 0.717) is 31.0 Å². The van der Waals surface area contributed by atoms with Crippen molar-refractivity contribution in [1.29, 1.82) is 0 Å². The lowest BCUT2D eigenvalue weighted by molar-refractivity contribution is 0.0200. The van der Waals surface area contributed by atoms with Crippen LogP contribution in [0.4, 0.5) is 0 Å². The minimum Gasteiger partial charge on any atom is -0.377 e. The largest absolute Gasteiger partial charge is 0.377 e. The van der Waals surface area contributed by atoms with Crippen LogP contribution in [0.15, 0.2) is 4.99 Å². The van der Waals surface area contributed by atoms with Crippen molar-refractivity contribution in [2.75, 3.05) is 52.1 Å². The van der Waals surface area contributed by atoms with Crippen molar-refractivity contribution in [3.63, 3.8) is 0 Å². The van der Waals surface area contributed by atoms with E-state index in [1.807, 2.05) is 0 Å². The Labute approximate surface area is 170 Å². The zero-order valence-corrected chi connectivity index (χ0v) is 18.6. The monoisotopic (exact) mass is 417 g/mol. The summed E-state index contributed by atoms with van der Waals surface area (Å²) in [4.78, 5) is 6.74. The van der Waals surface area contributed by atoms with Gasteiger partial charge in [0.05, 0.1) is 11.9 Å². The molecule has 1 atom stereocenters. The van der Waals surface area contributed by atoms with Crippen molar-refractivity contribution >= 4 is 16.0 Å². The molecule has 3 N–H and O–H groups in total. The highest BCUT2D eigenvalue weighted by Gasteiger charge is 2.21. The molecule has 2 saturated heterocycles. The third-order valence-electron chi connectivity index (χ3n) is 5.24. The van der Waals surface area contributed by atoms with Gasteiger partial charge in [0.2, 0.25) is 10.0 Å². The van der Waals surface area contributed by atoms with E-state index in [1.165, 1.54) is 0 Å². The first-order chi connectivity index (χ1) is 13.4. The molecule has 0 bridgehead atoms. The van der Waals surface area contributed by atoms with Crippen molar-refractivity contribution < 1.29 is 13.2 Å². The summed E-state index contributed by atoms with van der Waals surface area (Å²) in [6, 6.07) is 0.382. The Morgan fingerprint density at radius 3 is 2.57 bits per heavy atom. The molecule has 2 aliphatic rings. The molecule has 2 fully saturated rings. The van der Waals surface area contributed by atoms with Crippen LogP contribution >= 0.6 is 0 Å². The minimum absolute atomic E-state index is 0.00693. The van der Waals surface area contributed by atoms with E-state index in [1.54, 1.807) is 7.05 Å². The summed E-state index contributed by atoms with van der Waals surface area (Å²) in [6.07, 6.45) is 5.26. The molecule has 2 heterocycles. The van der Waals surface area contributed by atoms with Crippen molar-refractivity contribution in [3.8, 4) is 0 Å². The number of rotatable bonds is 9. The molecule has 8 nitrogen and oxygen atoms in total. The predicted octanol–water partition coefficient (Wildman–Crippen LogP) is 0.760. The normalized spacial score (nSPS) is 23.1. The average Bonchev–Trinajstić information content (AvgIpc) is 2.67. The summed E-state index contributed by atoms with van der Waals surface area (Å²) in [7, 11) is -1.60. The topological polar surface area (TPSA) is 95.1 Å². The van der Waals surface area contributed by atoms with Crippen molar-refractivity contribution in [2.24, 2.45) is 10.9 Å². The first kappa shape index (κ1) is 23.4. The van der Waals surface area contributed by atoms with Crippen LogP contribution in [0, 0.1) is 5.92 Å². The smallest absolute Gasteiger partial charge is 0.213 e. The third-order valence-corrected chi connectivity index (χ3v) is 6.59. The highest BCUT2D eigenvalue weighted by Crippen LogP contribution is 2.12. The van der Waals surface area contributed by atoms with Gasteiger partial charge in [-0.25, -0.2) is 13.1 Å². The second-order valence-corrected chi connectivity index (χ2v) is 10.2. The van der Waals surface area contributed by atoms with Gasteiger partial charge in [-0.1, -0.05) is 13.8 Å². The first-order valence-electron chi connectivity index (χ1n) is 10.7. The maximum absolute atomic E-state index is 12.2. The molecule has 0 radical (unpaired) electrons. The van der Waals surface area contributed by atoms with E-state index in [-0.39, 0.29) is 11.9 Å². The lowest BCUT2D eigenvalue weighted by Crippen LogP contribution is -2.50. The van der Waals surface area contributed by atoms with Crippen LogP contribution in [0.2, 0.25) is 0 Å². The molecule has 0 aliphatic carbocycles. The minimum atomic E-state index is -3.32. The van der Waals surface area contributed by atoms with Crippen LogP contribution in [0.3, 0.4) is 0 Å². The number of piperidine rings is 1. The number of likely N-dealkylation sites (tertiary alicyclic amines) is 1. The summed E-state index contributed by atoms with van der Waals surface area (Å²) in [6.45, 7) is 9.25. The summed E-state index contributed by atoms with van der Waals surface area (Å²) in [5, 5.41) is 6.56. The van der Waals surface area contributed by atoms with Gasteiger partial charge in [-0.05, 0) is 38.0 Å². The quantitative estimate of drug-likeness (QED) is 0.379. The van der Waals surface area contributed by atoms with E-state index in [0.717, 1.165) is 58.3 Å². The summed E-state index contributed by atoms with van der Waals surface area (Å²) < 4.78 is 32.6. The van der Waals surface area contributed by atoms with Gasteiger partial charge in [0.25, 0.3) is 0 Å². The SMILES string of the molecule is CN=C(NCCS(=O)(=O)NCC1CCCCO1)NC1CCN(CC(C)C)CC1. The lowest BCUT2D eigenvalue weighted by atomic mass is 10.0. The number of guanidine groups is 1. The van der Waals surface area contributed by atoms with E-state index in [9.17, 15) is 8.42 Å². The van der Waals surface area contributed by atoms with E-state index >= 15 is 0 Å². The Hall–Kier alpha value is -0.900. The predicted molar refractivity (Wildman–Crippen MR) is 114 cm³/mol. The zero-order valence-electron chi connectivity index (χ0n) is 17.7. The number of ether oxygens (including phenoxy) is 1. The molecule has 0 aromatic rings. The highest BCUT2D eigenvalue weighted by atomic mass is 32.2. The average molecular weight is 418 g/mol. The fourth-order valence-corrected chi connectivity index (χ4v) is 4.68. The van der Waals surface area contributed by atoms with Gasteiger partial charge in [-0.2, -0.15) is 0 Å². The Bertz CT molecular complexity index is 568. The van der Waals surface area contributed by atoms with Gasteiger partial charge < -0.3 is 20.3 Å². The zero-order chi connectivity index (χ0) is 20.4. The molecule has 0 aromatic heterocycles. The Morgan fingerprint density at radius 2 is 1.96 bits per heavy atom. The van der Waals surface area contributed by atoms with Gasteiger partial charge in [-0.15, -0.1) is 0 Å². The summed E-state index contributed by atoms with van der Waals surface area (Å²) >= 11 is 0. The van der Waals surface area contributed by atoms with Crippen LogP contribution < -0.4 is 15.4 Å². The van der Waals surface area contributed by atoms with Gasteiger partial charge in [-0.3, -0.25) is 4.99 Å². The number of hydrogen-bond acceptors (Lipinski definition) is 5. The van der Waals surface area contributed by atoms with Gasteiger partial charge in [0, 0.05) is 52.4 Å². The summed E-state index contributed by atoms with van der Waals surface area (Å²) in [5.41, 5.74) is 0. The molecule has 0 spiro atoms. The van der Waals surface area contributed by atoms with E-state index in [2.05, 4.69) is 39.1 Å². The van der Waals surface area contributed by atoms with E-state index in [4.69, 9.17) is 4.74 Å². The Kier molecular flexibility index (Phi) is 9.98. The van der Waals surface area contributed by atoms with Crippen molar-refractivity contribution in [3.05, 3.63) is 0 Å². The van der Waals surface area contributed by atoms with Gasteiger partial charge in [0.15, 0.2) is 5.96 Å². The fraction of sp³-hybridized carbons (Fsp3) is 0.947. The highest BCUT2D eigenvalue weighted by molar-refractivity contribution is 7.89. The first-order valence-corrected chi connectivity index (χ1v) is 12.3. The molecular formula is C19H39N5O3S. The lowest BCUT2D eigenvalue weighted by Gasteiger charge is -2.34. The molecule has 28 heavy (non-hydrogen) atoms. The number of nitrogens with zero attached hydrogens (tertiary/aromatic N) is 2. The number of sulfonamides is 1.